The normalized spacial score (nSPS) is 11.8. The van der Waals surface area contributed by atoms with Crippen LogP contribution in [0.1, 0.15) is 5.56 Å². The van der Waals surface area contributed by atoms with Crippen LogP contribution in [0.4, 0.5) is 30.6 Å². The van der Waals surface area contributed by atoms with E-state index < -0.39 is 11.7 Å². The predicted molar refractivity (Wildman–Crippen MR) is 73.1 cm³/mol. The van der Waals surface area contributed by atoms with Crippen molar-refractivity contribution in [3.05, 3.63) is 48.0 Å². The number of halogens is 3. The summed E-state index contributed by atoms with van der Waals surface area (Å²) in [6.45, 7) is 0. The van der Waals surface area contributed by atoms with Crippen molar-refractivity contribution >= 4 is 28.5 Å². The van der Waals surface area contributed by atoms with Crippen molar-refractivity contribution < 1.29 is 17.6 Å². The molecule has 0 fully saturated rings. The quantitative estimate of drug-likeness (QED) is 0.696. The molecule has 1 aromatic heterocycles. The first kappa shape index (κ1) is 13.3. The van der Waals surface area contributed by atoms with Crippen LogP contribution in [0, 0.1) is 0 Å². The molecule has 108 valence electrons. The van der Waals surface area contributed by atoms with Crippen LogP contribution in [0.25, 0.3) is 11.1 Å². The van der Waals surface area contributed by atoms with E-state index in [0.29, 0.717) is 16.8 Å². The van der Waals surface area contributed by atoms with E-state index in [9.17, 15) is 13.2 Å². The molecular formula is C14H10F3N3O. The molecule has 0 amide bonds. The van der Waals surface area contributed by atoms with Gasteiger partial charge in [0.15, 0.2) is 5.58 Å². The molecule has 7 heteroatoms. The molecule has 0 aliphatic carbocycles. The number of alkyl halides is 3. The van der Waals surface area contributed by atoms with Gasteiger partial charge in [-0.25, -0.2) is 0 Å². The predicted octanol–water partition coefficient (Wildman–Crippen LogP) is 4.17. The average molecular weight is 293 g/mol. The van der Waals surface area contributed by atoms with Crippen molar-refractivity contribution in [2.24, 2.45) is 0 Å². The maximum Gasteiger partial charge on any atom is 0.418 e. The van der Waals surface area contributed by atoms with Gasteiger partial charge in [0.2, 0.25) is 0 Å². The SMILES string of the molecule is Nc1ccc2nc(Nc3ccccc3C(F)(F)F)oc2c1. The molecule has 3 rings (SSSR count). The Labute approximate surface area is 117 Å². The zero-order valence-corrected chi connectivity index (χ0v) is 10.6. The fourth-order valence-corrected chi connectivity index (χ4v) is 1.95. The van der Waals surface area contributed by atoms with E-state index in [-0.39, 0.29) is 11.7 Å². The topological polar surface area (TPSA) is 64.1 Å². The van der Waals surface area contributed by atoms with Crippen LogP contribution >= 0.6 is 0 Å². The second-order valence-electron chi connectivity index (χ2n) is 4.41. The van der Waals surface area contributed by atoms with Gasteiger partial charge >= 0.3 is 6.18 Å². The number of anilines is 3. The molecule has 0 radical (unpaired) electrons. The molecule has 0 aliphatic heterocycles. The van der Waals surface area contributed by atoms with Crippen LogP contribution in [0.5, 0.6) is 0 Å². The highest BCUT2D eigenvalue weighted by atomic mass is 19.4. The lowest BCUT2D eigenvalue weighted by molar-refractivity contribution is -0.136. The summed E-state index contributed by atoms with van der Waals surface area (Å²) in [7, 11) is 0. The summed E-state index contributed by atoms with van der Waals surface area (Å²) in [5.74, 6) is 0. The number of fused-ring (bicyclic) bond motifs is 1. The molecule has 3 N–H and O–H groups in total. The van der Waals surface area contributed by atoms with Crippen LogP contribution in [0.2, 0.25) is 0 Å². The molecule has 3 aromatic rings. The van der Waals surface area contributed by atoms with E-state index in [1.54, 1.807) is 18.2 Å². The number of aromatic nitrogens is 1. The van der Waals surface area contributed by atoms with Gasteiger partial charge < -0.3 is 15.5 Å². The summed E-state index contributed by atoms with van der Waals surface area (Å²) >= 11 is 0. The summed E-state index contributed by atoms with van der Waals surface area (Å²) in [6.07, 6.45) is -4.46. The lowest BCUT2D eigenvalue weighted by Gasteiger charge is -2.12. The van der Waals surface area contributed by atoms with E-state index in [1.165, 1.54) is 18.2 Å². The highest BCUT2D eigenvalue weighted by Gasteiger charge is 2.33. The molecule has 0 spiro atoms. The van der Waals surface area contributed by atoms with E-state index in [4.69, 9.17) is 10.2 Å². The van der Waals surface area contributed by atoms with Gasteiger partial charge in [0.1, 0.15) is 5.52 Å². The van der Waals surface area contributed by atoms with Crippen LogP contribution in [-0.4, -0.2) is 4.98 Å². The zero-order valence-electron chi connectivity index (χ0n) is 10.6. The van der Waals surface area contributed by atoms with Gasteiger partial charge in [-0.1, -0.05) is 12.1 Å². The smallest absolute Gasteiger partial charge is 0.418 e. The number of hydrogen-bond acceptors (Lipinski definition) is 4. The van der Waals surface area contributed by atoms with Crippen LogP contribution in [0.15, 0.2) is 46.9 Å². The Morgan fingerprint density at radius 3 is 2.62 bits per heavy atom. The van der Waals surface area contributed by atoms with E-state index >= 15 is 0 Å². The van der Waals surface area contributed by atoms with Gasteiger partial charge in [-0.2, -0.15) is 18.2 Å². The van der Waals surface area contributed by atoms with Crippen LogP contribution in [0.3, 0.4) is 0 Å². The Bertz CT molecular complexity index is 796. The number of oxazole rings is 1. The Hall–Kier alpha value is -2.70. The minimum Gasteiger partial charge on any atom is -0.423 e. The Balaban J connectivity index is 1.99. The summed E-state index contributed by atoms with van der Waals surface area (Å²) < 4.78 is 44.1. The third-order valence-corrected chi connectivity index (χ3v) is 2.89. The fourth-order valence-electron chi connectivity index (χ4n) is 1.95. The summed E-state index contributed by atoms with van der Waals surface area (Å²) in [6, 6.07) is 9.93. The first-order valence-corrected chi connectivity index (χ1v) is 6.03. The maximum absolute atomic E-state index is 12.9. The molecule has 2 aromatic carbocycles. The number of nitrogens with two attached hydrogens (primary N) is 1. The standard InChI is InChI=1S/C14H10F3N3O/c15-14(16,17)9-3-1-2-4-10(9)19-13-20-11-6-5-8(18)7-12(11)21-13/h1-7H,18H2,(H,19,20). The molecule has 0 saturated heterocycles. The number of benzene rings is 2. The molecule has 4 nitrogen and oxygen atoms in total. The van der Waals surface area contributed by atoms with Gasteiger partial charge in [-0.05, 0) is 24.3 Å². The zero-order chi connectivity index (χ0) is 15.0. The van der Waals surface area contributed by atoms with Gasteiger partial charge in [-0.15, -0.1) is 0 Å². The molecular weight excluding hydrogens is 283 g/mol. The highest BCUT2D eigenvalue weighted by Crippen LogP contribution is 2.36. The summed E-state index contributed by atoms with van der Waals surface area (Å²) in [4.78, 5) is 4.07. The van der Waals surface area contributed by atoms with Crippen molar-refractivity contribution in [3.63, 3.8) is 0 Å². The van der Waals surface area contributed by atoms with Crippen LogP contribution in [-0.2, 0) is 6.18 Å². The number of para-hydroxylation sites is 1. The van der Waals surface area contributed by atoms with Crippen molar-refractivity contribution in [3.8, 4) is 0 Å². The second kappa shape index (κ2) is 4.69. The van der Waals surface area contributed by atoms with E-state index in [1.807, 2.05) is 0 Å². The Kier molecular flexibility index (Phi) is 2.97. The molecule has 1 heterocycles. The van der Waals surface area contributed by atoms with E-state index in [0.717, 1.165) is 6.07 Å². The molecule has 0 unspecified atom stereocenters. The largest absolute Gasteiger partial charge is 0.423 e. The van der Waals surface area contributed by atoms with Gasteiger partial charge in [0.05, 0.1) is 11.3 Å². The molecule has 0 saturated carbocycles. The monoisotopic (exact) mass is 293 g/mol. The summed E-state index contributed by atoms with van der Waals surface area (Å²) in [5.41, 5.74) is 6.11. The molecule has 0 bridgehead atoms. The summed E-state index contributed by atoms with van der Waals surface area (Å²) in [5, 5.41) is 2.55. The molecule has 21 heavy (non-hydrogen) atoms. The lowest BCUT2D eigenvalue weighted by atomic mass is 10.2. The van der Waals surface area contributed by atoms with Gasteiger partial charge in [0.25, 0.3) is 6.01 Å². The highest BCUT2D eigenvalue weighted by molar-refractivity contribution is 5.78. The second-order valence-corrected chi connectivity index (χ2v) is 4.41. The van der Waals surface area contributed by atoms with Crippen molar-refractivity contribution in [2.45, 2.75) is 6.18 Å². The Morgan fingerprint density at radius 1 is 1.10 bits per heavy atom. The number of nitrogen functional groups attached to an aromatic ring is 1. The lowest BCUT2D eigenvalue weighted by Crippen LogP contribution is -2.08. The van der Waals surface area contributed by atoms with Gasteiger partial charge in [0, 0.05) is 11.8 Å². The number of hydrogen-bond donors (Lipinski definition) is 2. The fraction of sp³-hybridized carbons (Fsp3) is 0.0714. The maximum atomic E-state index is 12.9. The van der Waals surface area contributed by atoms with E-state index in [2.05, 4.69) is 10.3 Å². The first-order valence-electron chi connectivity index (χ1n) is 6.03. The Morgan fingerprint density at radius 2 is 1.86 bits per heavy atom. The number of nitrogens with zero attached hydrogens (tertiary/aromatic N) is 1. The van der Waals surface area contributed by atoms with Crippen molar-refractivity contribution in [2.75, 3.05) is 11.1 Å². The third kappa shape index (κ3) is 2.62. The molecule has 0 aliphatic rings. The van der Waals surface area contributed by atoms with Crippen molar-refractivity contribution in [1.82, 2.24) is 4.98 Å². The first-order chi connectivity index (χ1) is 9.93. The van der Waals surface area contributed by atoms with Crippen LogP contribution < -0.4 is 11.1 Å². The number of rotatable bonds is 2. The minimum absolute atomic E-state index is 0.0210. The third-order valence-electron chi connectivity index (χ3n) is 2.89. The van der Waals surface area contributed by atoms with Crippen molar-refractivity contribution in [1.29, 1.82) is 0 Å². The van der Waals surface area contributed by atoms with Gasteiger partial charge in [-0.3, -0.25) is 0 Å². The number of nitrogens with one attached hydrogen (secondary N) is 1. The molecule has 0 atom stereocenters. The average Bonchev–Trinajstić information content (AvgIpc) is 2.79. The minimum atomic E-state index is -4.46.